The maximum Gasteiger partial charge on any atom is 0.195 e. The van der Waals surface area contributed by atoms with Gasteiger partial charge < -0.3 is 0 Å². The number of hydrogen-bond acceptors (Lipinski definition) is 5. The monoisotopic (exact) mass is 190 g/mol. The van der Waals surface area contributed by atoms with Crippen LogP contribution in [0.3, 0.4) is 0 Å². The van der Waals surface area contributed by atoms with Crippen molar-refractivity contribution in [1.82, 2.24) is 20.6 Å². The van der Waals surface area contributed by atoms with E-state index >= 15 is 0 Å². The van der Waals surface area contributed by atoms with Crippen LogP contribution in [-0.4, -0.2) is 35.3 Å². The molecule has 0 aliphatic rings. The maximum absolute atomic E-state index is 11.2. The number of aromatic amines is 1. The van der Waals surface area contributed by atoms with E-state index < -0.39 is 14.6 Å². The van der Waals surface area contributed by atoms with Gasteiger partial charge in [0.25, 0.3) is 0 Å². The summed E-state index contributed by atoms with van der Waals surface area (Å²) in [5, 5.41) is 12.8. The SMILES string of the molecule is CC(C)(c1nn[nH]n1)S(C)(=O)=O. The molecule has 0 radical (unpaired) electrons. The Bertz CT molecular complexity index is 353. The van der Waals surface area contributed by atoms with E-state index in [4.69, 9.17) is 0 Å². The molecule has 0 amide bonds. The van der Waals surface area contributed by atoms with Gasteiger partial charge in [0.15, 0.2) is 15.7 Å². The van der Waals surface area contributed by atoms with Gasteiger partial charge in [0.1, 0.15) is 4.75 Å². The summed E-state index contributed by atoms with van der Waals surface area (Å²) >= 11 is 0. The molecule has 0 saturated heterocycles. The van der Waals surface area contributed by atoms with E-state index in [2.05, 4.69) is 20.6 Å². The van der Waals surface area contributed by atoms with E-state index in [0.29, 0.717) is 0 Å². The first-order valence-corrected chi connectivity index (χ1v) is 5.18. The van der Waals surface area contributed by atoms with E-state index in [-0.39, 0.29) is 5.82 Å². The number of H-pyrrole nitrogens is 1. The number of nitrogens with one attached hydrogen (secondary N) is 1. The van der Waals surface area contributed by atoms with Crippen LogP contribution in [0.1, 0.15) is 19.7 Å². The summed E-state index contributed by atoms with van der Waals surface area (Å²) in [7, 11) is -3.21. The second kappa shape index (κ2) is 2.51. The molecule has 1 heterocycles. The van der Waals surface area contributed by atoms with Gasteiger partial charge in [-0.05, 0) is 13.8 Å². The highest BCUT2D eigenvalue weighted by Crippen LogP contribution is 2.24. The van der Waals surface area contributed by atoms with Crippen molar-refractivity contribution in [1.29, 1.82) is 0 Å². The summed E-state index contributed by atoms with van der Waals surface area (Å²) in [6, 6.07) is 0. The number of tetrazole rings is 1. The lowest BCUT2D eigenvalue weighted by atomic mass is 10.2. The topological polar surface area (TPSA) is 88.6 Å². The summed E-state index contributed by atoms with van der Waals surface area (Å²) in [5.41, 5.74) is 0. The van der Waals surface area contributed by atoms with E-state index in [1.54, 1.807) is 0 Å². The molecule has 12 heavy (non-hydrogen) atoms. The second-order valence-electron chi connectivity index (χ2n) is 3.02. The molecule has 0 atom stereocenters. The number of sulfone groups is 1. The highest BCUT2D eigenvalue weighted by Gasteiger charge is 2.36. The molecule has 0 spiro atoms. The van der Waals surface area contributed by atoms with Crippen molar-refractivity contribution in [2.24, 2.45) is 0 Å². The van der Waals surface area contributed by atoms with Crippen LogP contribution < -0.4 is 0 Å². The Balaban J connectivity index is 3.20. The fraction of sp³-hybridized carbons (Fsp3) is 0.800. The smallest absolute Gasteiger partial charge is 0.195 e. The molecule has 0 aliphatic carbocycles. The van der Waals surface area contributed by atoms with Crippen LogP contribution in [0.4, 0.5) is 0 Å². The van der Waals surface area contributed by atoms with Gasteiger partial charge in [0.2, 0.25) is 0 Å². The first-order chi connectivity index (χ1) is 5.36. The number of nitrogens with zero attached hydrogens (tertiary/aromatic N) is 3. The van der Waals surface area contributed by atoms with Gasteiger partial charge in [0.05, 0.1) is 0 Å². The molecule has 0 aliphatic heterocycles. The Morgan fingerprint density at radius 3 is 2.33 bits per heavy atom. The average Bonchev–Trinajstić information content (AvgIpc) is 2.34. The van der Waals surface area contributed by atoms with Crippen LogP contribution >= 0.6 is 0 Å². The lowest BCUT2D eigenvalue weighted by Crippen LogP contribution is -2.29. The quantitative estimate of drug-likeness (QED) is 0.677. The fourth-order valence-electron chi connectivity index (χ4n) is 0.583. The number of aromatic nitrogens is 4. The Morgan fingerprint density at radius 2 is 2.00 bits per heavy atom. The summed E-state index contributed by atoms with van der Waals surface area (Å²) < 4.78 is 21.4. The van der Waals surface area contributed by atoms with Gasteiger partial charge in [-0.1, -0.05) is 5.21 Å². The second-order valence-corrected chi connectivity index (χ2v) is 5.58. The minimum atomic E-state index is -3.21. The van der Waals surface area contributed by atoms with E-state index in [0.717, 1.165) is 6.26 Å². The summed E-state index contributed by atoms with van der Waals surface area (Å²) in [6.45, 7) is 3.07. The minimum Gasteiger partial charge on any atom is -0.228 e. The zero-order valence-electron chi connectivity index (χ0n) is 7.07. The van der Waals surface area contributed by atoms with E-state index in [9.17, 15) is 8.42 Å². The summed E-state index contributed by atoms with van der Waals surface area (Å²) in [5.74, 6) is 0.185. The first kappa shape index (κ1) is 9.11. The van der Waals surface area contributed by atoms with Crippen LogP contribution in [0.5, 0.6) is 0 Å². The summed E-state index contributed by atoms with van der Waals surface area (Å²) in [4.78, 5) is 0. The van der Waals surface area contributed by atoms with Crippen molar-refractivity contribution in [3.8, 4) is 0 Å². The van der Waals surface area contributed by atoms with Gasteiger partial charge in [-0.3, -0.25) is 0 Å². The standard InChI is InChI=1S/C5H10N4O2S/c1-5(2,12(3,10)11)4-6-8-9-7-4/h1-3H3,(H,6,7,8,9). The van der Waals surface area contributed by atoms with Crippen molar-refractivity contribution in [3.05, 3.63) is 5.82 Å². The van der Waals surface area contributed by atoms with Gasteiger partial charge in [0, 0.05) is 6.26 Å². The lowest BCUT2D eigenvalue weighted by Gasteiger charge is -2.16. The highest BCUT2D eigenvalue weighted by atomic mass is 32.2. The maximum atomic E-state index is 11.2. The van der Waals surface area contributed by atoms with Crippen LogP contribution in [0, 0.1) is 0 Å². The molecule has 0 bridgehead atoms. The molecule has 1 rings (SSSR count). The van der Waals surface area contributed by atoms with Crippen LogP contribution in [0.2, 0.25) is 0 Å². The molecule has 1 aromatic rings. The van der Waals surface area contributed by atoms with Gasteiger partial charge in [-0.15, -0.1) is 10.2 Å². The molecule has 68 valence electrons. The number of rotatable bonds is 2. The van der Waals surface area contributed by atoms with E-state index in [1.807, 2.05) is 0 Å². The Hall–Kier alpha value is -0.980. The zero-order valence-corrected chi connectivity index (χ0v) is 7.88. The Labute approximate surface area is 70.3 Å². The minimum absolute atomic E-state index is 0.185. The molecular formula is C5H10N4O2S. The molecular weight excluding hydrogens is 180 g/mol. The lowest BCUT2D eigenvalue weighted by molar-refractivity contribution is 0.550. The molecule has 6 nitrogen and oxygen atoms in total. The predicted octanol–water partition coefficient (Wildman–Crippen LogP) is -0.521. The number of hydrogen-bond donors (Lipinski definition) is 1. The van der Waals surface area contributed by atoms with Crippen LogP contribution in [0.25, 0.3) is 0 Å². The van der Waals surface area contributed by atoms with Crippen molar-refractivity contribution in [2.75, 3.05) is 6.26 Å². The third kappa shape index (κ3) is 1.31. The molecule has 0 aromatic carbocycles. The van der Waals surface area contributed by atoms with Crippen molar-refractivity contribution < 1.29 is 8.42 Å². The average molecular weight is 190 g/mol. The van der Waals surface area contributed by atoms with Crippen molar-refractivity contribution in [2.45, 2.75) is 18.6 Å². The molecule has 0 fully saturated rings. The summed E-state index contributed by atoms with van der Waals surface area (Å²) in [6.07, 6.45) is 1.14. The van der Waals surface area contributed by atoms with E-state index in [1.165, 1.54) is 13.8 Å². The predicted molar refractivity (Wildman–Crippen MR) is 42.0 cm³/mol. The fourth-order valence-corrected chi connectivity index (χ4v) is 1.00. The van der Waals surface area contributed by atoms with Crippen molar-refractivity contribution >= 4 is 9.84 Å². The van der Waals surface area contributed by atoms with Crippen molar-refractivity contribution in [3.63, 3.8) is 0 Å². The molecule has 0 unspecified atom stereocenters. The molecule has 7 heteroatoms. The third-order valence-corrected chi connectivity index (χ3v) is 3.85. The van der Waals surface area contributed by atoms with Crippen LogP contribution in [0.15, 0.2) is 0 Å². The zero-order chi connectivity index (χ0) is 9.41. The largest absolute Gasteiger partial charge is 0.228 e. The normalized spacial score (nSPS) is 13.2. The highest BCUT2D eigenvalue weighted by molar-refractivity contribution is 7.91. The van der Waals surface area contributed by atoms with Crippen LogP contribution in [-0.2, 0) is 14.6 Å². The first-order valence-electron chi connectivity index (χ1n) is 3.29. The Morgan fingerprint density at radius 1 is 1.42 bits per heavy atom. The molecule has 0 saturated carbocycles. The van der Waals surface area contributed by atoms with Gasteiger partial charge in [-0.2, -0.15) is 5.21 Å². The van der Waals surface area contributed by atoms with Gasteiger partial charge >= 0.3 is 0 Å². The molecule has 1 N–H and O–H groups in total. The Kier molecular flexibility index (Phi) is 1.91. The third-order valence-electron chi connectivity index (χ3n) is 1.81. The molecule has 1 aromatic heterocycles. The van der Waals surface area contributed by atoms with Gasteiger partial charge in [-0.25, -0.2) is 8.42 Å².